The van der Waals surface area contributed by atoms with Crippen LogP contribution in [-0.4, -0.2) is 25.7 Å². The number of fused-ring (bicyclic) bond motifs is 1. The second kappa shape index (κ2) is 10.3. The molecule has 0 saturated carbocycles. The van der Waals surface area contributed by atoms with Crippen LogP contribution < -0.4 is 4.90 Å². The molecule has 1 aliphatic heterocycles. The second-order valence-electron chi connectivity index (χ2n) is 9.28. The van der Waals surface area contributed by atoms with E-state index in [4.69, 9.17) is 4.74 Å². The molecule has 31 heavy (non-hydrogen) atoms. The zero-order chi connectivity index (χ0) is 23.3. The summed E-state index contributed by atoms with van der Waals surface area (Å²) in [6.07, 6.45) is 5.53. The van der Waals surface area contributed by atoms with Gasteiger partial charge in [-0.05, 0) is 79.9 Å². The maximum Gasteiger partial charge on any atom is 0.330 e. The molecule has 0 spiro atoms. The Morgan fingerprint density at radius 1 is 1.23 bits per heavy atom. The highest BCUT2D eigenvalue weighted by Gasteiger charge is 2.33. The molecule has 0 radical (unpaired) electrons. The average Bonchev–Trinajstić information content (AvgIpc) is 2.71. The van der Waals surface area contributed by atoms with E-state index in [1.165, 1.54) is 23.3 Å². The first-order valence-electron chi connectivity index (χ1n) is 11.3. The Morgan fingerprint density at radius 3 is 2.48 bits per heavy atom. The second-order valence-corrected chi connectivity index (χ2v) is 9.28. The summed E-state index contributed by atoms with van der Waals surface area (Å²) in [6, 6.07) is 4.47. The van der Waals surface area contributed by atoms with Crippen molar-refractivity contribution in [2.24, 2.45) is 0 Å². The van der Waals surface area contributed by atoms with Gasteiger partial charge in [0.25, 0.3) is 0 Å². The lowest BCUT2D eigenvalue weighted by Crippen LogP contribution is -2.38. The van der Waals surface area contributed by atoms with Crippen LogP contribution >= 0.6 is 0 Å². The molecule has 0 N–H and O–H groups in total. The molecular weight excluding hydrogens is 389 g/mol. The number of benzene rings is 1. The summed E-state index contributed by atoms with van der Waals surface area (Å²) in [7, 11) is 0. The Balaban J connectivity index is 2.59. The molecule has 1 aromatic rings. The third-order valence-corrected chi connectivity index (χ3v) is 6.12. The number of rotatable bonds is 7. The van der Waals surface area contributed by atoms with Crippen molar-refractivity contribution >= 4 is 17.2 Å². The molecule has 2 rings (SSSR count). The fourth-order valence-corrected chi connectivity index (χ4v) is 3.99. The molecule has 0 aliphatic carbocycles. The maximum absolute atomic E-state index is 15.3. The highest BCUT2D eigenvalue weighted by atomic mass is 19.1. The molecule has 0 fully saturated rings. The van der Waals surface area contributed by atoms with Crippen molar-refractivity contribution in [3.05, 3.63) is 58.5 Å². The van der Waals surface area contributed by atoms with Gasteiger partial charge in [0, 0.05) is 30.4 Å². The van der Waals surface area contributed by atoms with Crippen molar-refractivity contribution in [2.45, 2.75) is 73.1 Å². The summed E-state index contributed by atoms with van der Waals surface area (Å²) in [5.74, 6) is -0.345. The maximum atomic E-state index is 15.3. The predicted molar refractivity (Wildman–Crippen MR) is 129 cm³/mol. The smallest absolute Gasteiger partial charge is 0.330 e. The monoisotopic (exact) mass is 427 g/mol. The van der Waals surface area contributed by atoms with E-state index >= 15 is 4.39 Å². The summed E-state index contributed by atoms with van der Waals surface area (Å²) in [5, 5.41) is 0. The molecule has 1 heterocycles. The summed E-state index contributed by atoms with van der Waals surface area (Å²) in [4.78, 5) is 14.0. The van der Waals surface area contributed by atoms with E-state index in [-0.39, 0.29) is 11.2 Å². The largest absolute Gasteiger partial charge is 0.463 e. The van der Waals surface area contributed by atoms with Gasteiger partial charge in [0.1, 0.15) is 5.83 Å². The third kappa shape index (κ3) is 5.87. The van der Waals surface area contributed by atoms with Gasteiger partial charge < -0.3 is 9.64 Å². The first kappa shape index (κ1) is 24.9. The number of anilines is 1. The quantitative estimate of drug-likeness (QED) is 0.264. The molecule has 0 atom stereocenters. The number of esters is 1. The van der Waals surface area contributed by atoms with Crippen LogP contribution in [0.25, 0.3) is 5.57 Å². The lowest BCUT2D eigenvalue weighted by Gasteiger charge is -2.42. The lowest BCUT2D eigenvalue weighted by atomic mass is 9.74. The number of hydrogen-bond donors (Lipinski definition) is 0. The number of hydrogen-bond acceptors (Lipinski definition) is 3. The van der Waals surface area contributed by atoms with Gasteiger partial charge >= 0.3 is 5.97 Å². The standard InChI is InChI=1S/C27H38FNO2/c1-9-29-14-13-27(7,8)23-17-21(18(3)4)16-22(26(23)29)20(6)24(28)12-11-19(5)15-25(30)31-10-2/h11-12,15-18H,9-10,13-14H2,1-8H3/b12-11+,19-15+,24-20+. The Bertz CT molecular complexity index is 906. The minimum Gasteiger partial charge on any atom is -0.463 e. The number of carbonyl (C=O) groups excluding carboxylic acids is 1. The van der Waals surface area contributed by atoms with E-state index in [1.807, 2.05) is 6.92 Å². The zero-order valence-corrected chi connectivity index (χ0v) is 20.4. The van der Waals surface area contributed by atoms with Gasteiger partial charge in [0.05, 0.1) is 6.61 Å². The predicted octanol–water partition coefficient (Wildman–Crippen LogP) is 7.08. The van der Waals surface area contributed by atoms with E-state index in [2.05, 4.69) is 51.7 Å². The SMILES string of the molecule is CCOC(=O)/C=C(C)/C=C/C(F)=C(/C)c1cc(C(C)C)cc2c1N(CC)CCC2(C)C. The van der Waals surface area contributed by atoms with Crippen LogP contribution in [0, 0.1) is 0 Å². The molecule has 1 aromatic carbocycles. The van der Waals surface area contributed by atoms with E-state index in [9.17, 15) is 4.79 Å². The summed E-state index contributed by atoms with van der Waals surface area (Å²) in [6.45, 7) is 18.6. The average molecular weight is 428 g/mol. The van der Waals surface area contributed by atoms with Crippen molar-refractivity contribution in [1.29, 1.82) is 0 Å². The molecular formula is C27H38FNO2. The number of allylic oxidation sites excluding steroid dienone is 5. The van der Waals surface area contributed by atoms with Crippen molar-refractivity contribution < 1.29 is 13.9 Å². The molecule has 1 aliphatic rings. The van der Waals surface area contributed by atoms with Crippen LogP contribution in [0.1, 0.15) is 84.4 Å². The minimum absolute atomic E-state index is 0.0478. The van der Waals surface area contributed by atoms with Crippen molar-refractivity contribution in [3.63, 3.8) is 0 Å². The Hall–Kier alpha value is -2.36. The summed E-state index contributed by atoms with van der Waals surface area (Å²) < 4.78 is 20.2. The third-order valence-electron chi connectivity index (χ3n) is 6.12. The van der Waals surface area contributed by atoms with Crippen molar-refractivity contribution in [3.8, 4) is 0 Å². The topological polar surface area (TPSA) is 29.5 Å². The molecule has 0 bridgehead atoms. The van der Waals surface area contributed by atoms with Gasteiger partial charge in [-0.25, -0.2) is 9.18 Å². The van der Waals surface area contributed by atoms with E-state index in [1.54, 1.807) is 19.9 Å². The molecule has 4 heteroatoms. The Labute approximate surface area is 187 Å². The van der Waals surface area contributed by atoms with Gasteiger partial charge in [-0.2, -0.15) is 0 Å². The van der Waals surface area contributed by atoms with E-state index in [0.717, 1.165) is 30.8 Å². The first-order valence-corrected chi connectivity index (χ1v) is 11.3. The molecule has 0 aromatic heterocycles. The van der Waals surface area contributed by atoms with E-state index < -0.39 is 5.97 Å². The summed E-state index contributed by atoms with van der Waals surface area (Å²) >= 11 is 0. The van der Waals surface area contributed by atoms with Crippen LogP contribution in [0.3, 0.4) is 0 Å². The van der Waals surface area contributed by atoms with Crippen molar-refractivity contribution in [2.75, 3.05) is 24.6 Å². The van der Waals surface area contributed by atoms with Crippen LogP contribution in [-0.2, 0) is 14.9 Å². The van der Waals surface area contributed by atoms with E-state index in [0.29, 0.717) is 23.7 Å². The molecule has 0 saturated heterocycles. The Kier molecular flexibility index (Phi) is 8.27. The fraction of sp³-hybridized carbons (Fsp3) is 0.519. The number of carbonyl (C=O) groups is 1. The number of halogens is 1. The lowest BCUT2D eigenvalue weighted by molar-refractivity contribution is -0.137. The highest BCUT2D eigenvalue weighted by molar-refractivity contribution is 5.84. The molecule has 0 amide bonds. The van der Waals surface area contributed by atoms with Gasteiger partial charge in [-0.3, -0.25) is 0 Å². The fourth-order valence-electron chi connectivity index (χ4n) is 3.99. The highest BCUT2D eigenvalue weighted by Crippen LogP contribution is 2.45. The Morgan fingerprint density at radius 2 is 1.90 bits per heavy atom. The number of ether oxygens (including phenoxy) is 1. The van der Waals surface area contributed by atoms with Gasteiger partial charge in [0.15, 0.2) is 0 Å². The van der Waals surface area contributed by atoms with Crippen LogP contribution in [0.4, 0.5) is 10.1 Å². The van der Waals surface area contributed by atoms with Crippen LogP contribution in [0.5, 0.6) is 0 Å². The molecule has 3 nitrogen and oxygen atoms in total. The minimum atomic E-state index is -0.412. The zero-order valence-electron chi connectivity index (χ0n) is 20.4. The normalized spacial score (nSPS) is 17.1. The summed E-state index contributed by atoms with van der Waals surface area (Å²) in [5.41, 5.74) is 5.97. The van der Waals surface area contributed by atoms with Gasteiger partial charge in [-0.1, -0.05) is 39.8 Å². The molecule has 170 valence electrons. The van der Waals surface area contributed by atoms with Crippen LogP contribution in [0.15, 0.2) is 41.8 Å². The van der Waals surface area contributed by atoms with Crippen LogP contribution in [0.2, 0.25) is 0 Å². The van der Waals surface area contributed by atoms with Gasteiger partial charge in [-0.15, -0.1) is 0 Å². The van der Waals surface area contributed by atoms with Crippen molar-refractivity contribution in [1.82, 2.24) is 0 Å². The first-order chi connectivity index (χ1) is 14.5. The molecule has 0 unspecified atom stereocenters. The van der Waals surface area contributed by atoms with Gasteiger partial charge in [0.2, 0.25) is 0 Å². The number of nitrogens with zero attached hydrogens (tertiary/aromatic N) is 1.